The zero-order valence-corrected chi connectivity index (χ0v) is 15.9. The minimum atomic E-state index is -0.893. The van der Waals surface area contributed by atoms with Gasteiger partial charge >= 0.3 is 12.0 Å². The van der Waals surface area contributed by atoms with E-state index in [1.807, 2.05) is 24.3 Å². The lowest BCUT2D eigenvalue weighted by Crippen LogP contribution is -2.44. The number of nitrogens with zero attached hydrogens (tertiary/aromatic N) is 6. The molecule has 2 aliphatic rings. The van der Waals surface area contributed by atoms with Crippen molar-refractivity contribution in [1.82, 2.24) is 35.3 Å². The third-order valence-corrected chi connectivity index (χ3v) is 5.72. The topological polar surface area (TPSA) is 119 Å². The largest absolute Gasteiger partial charge is 0.481 e. The van der Waals surface area contributed by atoms with Gasteiger partial charge in [0.25, 0.3) is 0 Å². The van der Waals surface area contributed by atoms with Crippen LogP contribution in [0.15, 0.2) is 24.3 Å². The van der Waals surface area contributed by atoms with Gasteiger partial charge in [-0.3, -0.25) is 9.69 Å². The second-order valence-electron chi connectivity index (χ2n) is 7.82. The van der Waals surface area contributed by atoms with E-state index in [0.29, 0.717) is 32.0 Å². The minimum Gasteiger partial charge on any atom is -0.481 e. The van der Waals surface area contributed by atoms with Crippen molar-refractivity contribution in [2.75, 3.05) is 40.3 Å². The normalized spacial score (nSPS) is 24.4. The number of aromatic amines is 1. The van der Waals surface area contributed by atoms with Crippen molar-refractivity contribution in [3.8, 4) is 11.4 Å². The third-order valence-electron chi connectivity index (χ3n) is 5.72. The van der Waals surface area contributed by atoms with Crippen LogP contribution in [0.25, 0.3) is 11.4 Å². The number of likely N-dealkylation sites (tertiary alicyclic amines) is 2. The molecule has 3 heterocycles. The van der Waals surface area contributed by atoms with Crippen molar-refractivity contribution >= 4 is 12.0 Å². The van der Waals surface area contributed by atoms with Gasteiger partial charge in [-0.1, -0.05) is 24.3 Å². The fourth-order valence-corrected chi connectivity index (χ4v) is 4.32. The Morgan fingerprint density at radius 3 is 2.57 bits per heavy atom. The molecule has 10 nitrogen and oxygen atoms in total. The highest BCUT2D eigenvalue weighted by molar-refractivity contribution is 5.80. The molecule has 2 aromatic rings. The molecule has 2 N–H and O–H groups in total. The number of nitrogens with one attached hydrogen (secondary N) is 1. The number of carbonyl (C=O) groups is 2. The number of amides is 2. The molecular formula is C18H23N7O3. The molecule has 0 bridgehead atoms. The molecule has 0 aliphatic carbocycles. The van der Waals surface area contributed by atoms with Crippen molar-refractivity contribution in [3.05, 3.63) is 29.8 Å². The van der Waals surface area contributed by atoms with E-state index in [1.54, 1.807) is 19.0 Å². The first-order valence-electron chi connectivity index (χ1n) is 9.14. The van der Waals surface area contributed by atoms with Crippen molar-refractivity contribution < 1.29 is 14.7 Å². The molecule has 2 amide bonds. The Hall–Kier alpha value is -3.01. The first-order chi connectivity index (χ1) is 13.4. The van der Waals surface area contributed by atoms with Crippen LogP contribution >= 0.6 is 0 Å². The van der Waals surface area contributed by atoms with Crippen LogP contribution in [0.5, 0.6) is 0 Å². The summed E-state index contributed by atoms with van der Waals surface area (Å²) >= 11 is 0. The van der Waals surface area contributed by atoms with Crippen LogP contribution in [-0.4, -0.2) is 92.7 Å². The molecule has 10 heteroatoms. The molecule has 2 aliphatic heterocycles. The van der Waals surface area contributed by atoms with Gasteiger partial charge in [-0.05, 0) is 10.8 Å². The zero-order chi connectivity index (χ0) is 19.9. The second kappa shape index (κ2) is 6.86. The van der Waals surface area contributed by atoms with Crippen LogP contribution in [-0.2, 0) is 11.3 Å². The fraction of sp³-hybridized carbons (Fsp3) is 0.500. The van der Waals surface area contributed by atoms with Gasteiger partial charge in [-0.15, -0.1) is 10.2 Å². The lowest BCUT2D eigenvalue weighted by atomic mass is 9.81. The first kappa shape index (κ1) is 18.4. The predicted octanol–water partition coefficient (Wildman–Crippen LogP) is 0.367. The Morgan fingerprint density at radius 2 is 2.00 bits per heavy atom. The van der Waals surface area contributed by atoms with Crippen LogP contribution < -0.4 is 0 Å². The Labute approximate surface area is 162 Å². The molecule has 1 aromatic heterocycles. The van der Waals surface area contributed by atoms with Gasteiger partial charge < -0.3 is 14.9 Å². The average Bonchev–Trinajstić information content (AvgIpc) is 3.36. The number of H-pyrrole nitrogens is 1. The van der Waals surface area contributed by atoms with Crippen LogP contribution in [0.1, 0.15) is 5.56 Å². The number of rotatable bonds is 4. The number of hydrogen-bond donors (Lipinski definition) is 2. The number of carboxylic acids is 1. The van der Waals surface area contributed by atoms with Crippen LogP contribution in [0.4, 0.5) is 4.79 Å². The third kappa shape index (κ3) is 3.09. The summed E-state index contributed by atoms with van der Waals surface area (Å²) in [5.74, 6) is -0.341. The van der Waals surface area contributed by atoms with E-state index in [2.05, 4.69) is 25.5 Å². The number of carbonyl (C=O) groups excluding carboxylic acids is 1. The van der Waals surface area contributed by atoms with Crippen LogP contribution in [0.2, 0.25) is 0 Å². The quantitative estimate of drug-likeness (QED) is 0.780. The average molecular weight is 385 g/mol. The molecule has 4 rings (SSSR count). The number of aliphatic carboxylic acids is 1. The molecule has 0 saturated carbocycles. The number of fused-ring (bicyclic) bond motifs is 1. The molecule has 2 atom stereocenters. The summed E-state index contributed by atoms with van der Waals surface area (Å²) < 4.78 is 0. The highest BCUT2D eigenvalue weighted by Gasteiger charge is 2.58. The summed E-state index contributed by atoms with van der Waals surface area (Å²) in [6.07, 6.45) is 0. The number of urea groups is 1. The summed E-state index contributed by atoms with van der Waals surface area (Å²) in [6.45, 7) is 2.51. The lowest BCUT2D eigenvalue weighted by Gasteiger charge is -2.27. The lowest BCUT2D eigenvalue weighted by molar-refractivity contribution is -0.148. The molecular weight excluding hydrogens is 362 g/mol. The van der Waals surface area contributed by atoms with E-state index in [4.69, 9.17) is 0 Å². The standard InChI is InChI=1S/C18H23N7O3/c1-23(2)17(28)25-9-14-8-24(10-18(14,11-25)16(26)27)7-12-3-5-13(6-4-12)15-19-21-22-20-15/h3-6,14H,7-11H2,1-2H3,(H,26,27)(H,19,20,21,22)/t14-,18-/m0/s1. The second-order valence-corrected chi connectivity index (χ2v) is 7.82. The highest BCUT2D eigenvalue weighted by Crippen LogP contribution is 2.43. The monoisotopic (exact) mass is 385 g/mol. The van der Waals surface area contributed by atoms with Gasteiger partial charge in [0.05, 0.1) is 0 Å². The Kier molecular flexibility index (Phi) is 4.50. The maximum atomic E-state index is 12.3. The van der Waals surface area contributed by atoms with E-state index in [1.165, 1.54) is 4.90 Å². The first-order valence-corrected chi connectivity index (χ1v) is 9.14. The Bertz CT molecular complexity index is 868. The van der Waals surface area contributed by atoms with Gasteiger partial charge in [-0.2, -0.15) is 5.21 Å². The van der Waals surface area contributed by atoms with Gasteiger partial charge in [0, 0.05) is 58.3 Å². The fourth-order valence-electron chi connectivity index (χ4n) is 4.32. The van der Waals surface area contributed by atoms with E-state index >= 15 is 0 Å². The summed E-state index contributed by atoms with van der Waals surface area (Å²) in [6, 6.07) is 7.73. The highest BCUT2D eigenvalue weighted by atomic mass is 16.4. The number of carboxylic acid groups (broad SMARTS) is 1. The maximum absolute atomic E-state index is 12.3. The summed E-state index contributed by atoms with van der Waals surface area (Å²) in [5.41, 5.74) is 1.07. The molecule has 2 saturated heterocycles. The van der Waals surface area contributed by atoms with Crippen LogP contribution in [0.3, 0.4) is 0 Å². The van der Waals surface area contributed by atoms with E-state index in [-0.39, 0.29) is 18.5 Å². The van der Waals surface area contributed by atoms with Crippen molar-refractivity contribution in [2.45, 2.75) is 6.54 Å². The van der Waals surface area contributed by atoms with Gasteiger partial charge in [0.2, 0.25) is 5.82 Å². The molecule has 0 unspecified atom stereocenters. The summed E-state index contributed by atoms with van der Waals surface area (Å²) in [5, 5.41) is 23.9. The Balaban J connectivity index is 1.45. The molecule has 0 radical (unpaired) electrons. The molecule has 2 fully saturated rings. The van der Waals surface area contributed by atoms with Gasteiger partial charge in [-0.25, -0.2) is 4.79 Å². The summed E-state index contributed by atoms with van der Waals surface area (Å²) in [7, 11) is 3.38. The van der Waals surface area contributed by atoms with Crippen molar-refractivity contribution in [2.24, 2.45) is 11.3 Å². The number of hydrogen-bond acceptors (Lipinski definition) is 6. The number of tetrazole rings is 1. The SMILES string of the molecule is CN(C)C(=O)N1C[C@@H]2CN(Cc3ccc(-c4nn[nH]n4)cc3)C[C@]2(C(=O)O)C1. The predicted molar refractivity (Wildman–Crippen MR) is 99.1 cm³/mol. The van der Waals surface area contributed by atoms with Crippen molar-refractivity contribution in [3.63, 3.8) is 0 Å². The van der Waals surface area contributed by atoms with E-state index in [0.717, 1.165) is 11.1 Å². The van der Waals surface area contributed by atoms with Gasteiger partial charge in [0.1, 0.15) is 5.41 Å². The maximum Gasteiger partial charge on any atom is 0.319 e. The molecule has 28 heavy (non-hydrogen) atoms. The smallest absolute Gasteiger partial charge is 0.319 e. The van der Waals surface area contributed by atoms with E-state index in [9.17, 15) is 14.7 Å². The molecule has 148 valence electrons. The minimum absolute atomic E-state index is 0.0625. The Morgan fingerprint density at radius 1 is 1.25 bits per heavy atom. The molecule has 0 spiro atoms. The molecule has 1 aromatic carbocycles. The number of benzene rings is 1. The number of aromatic nitrogens is 4. The van der Waals surface area contributed by atoms with Crippen molar-refractivity contribution in [1.29, 1.82) is 0 Å². The summed E-state index contributed by atoms with van der Waals surface area (Å²) in [4.78, 5) is 29.7. The van der Waals surface area contributed by atoms with E-state index < -0.39 is 11.4 Å². The van der Waals surface area contributed by atoms with Crippen LogP contribution in [0, 0.1) is 11.3 Å². The zero-order valence-electron chi connectivity index (χ0n) is 15.9. The van der Waals surface area contributed by atoms with Gasteiger partial charge in [0.15, 0.2) is 0 Å².